The van der Waals surface area contributed by atoms with Gasteiger partial charge in [0, 0.05) is 18.8 Å². The zero-order valence-corrected chi connectivity index (χ0v) is 10.9. The van der Waals surface area contributed by atoms with E-state index >= 15 is 0 Å². The van der Waals surface area contributed by atoms with Crippen molar-refractivity contribution in [1.29, 1.82) is 0 Å². The number of aromatic nitrogens is 2. The van der Waals surface area contributed by atoms with Crippen LogP contribution in [-0.2, 0) is 13.5 Å². The molecule has 0 bridgehead atoms. The lowest BCUT2D eigenvalue weighted by Gasteiger charge is -2.12. The number of hydrogen-bond donors (Lipinski definition) is 1. The lowest BCUT2D eigenvalue weighted by atomic mass is 9.98. The van der Waals surface area contributed by atoms with Gasteiger partial charge in [-0.1, -0.05) is 19.1 Å². The molecule has 0 fully saturated rings. The Labute approximate surface area is 98.3 Å². The molecule has 0 aromatic carbocycles. The van der Waals surface area contributed by atoms with Crippen LogP contribution >= 0.6 is 0 Å². The molecule has 0 aliphatic heterocycles. The van der Waals surface area contributed by atoms with Crippen molar-refractivity contribution in [2.45, 2.75) is 46.1 Å². The number of aryl methyl sites for hydroxylation is 2. The Balaban J connectivity index is 2.69. The molecular formula is C13H23N3. The fourth-order valence-electron chi connectivity index (χ4n) is 1.96. The Kier molecular flexibility index (Phi) is 4.30. The molecule has 0 radical (unpaired) electrons. The maximum atomic E-state index is 6.13. The maximum absolute atomic E-state index is 6.13. The predicted molar refractivity (Wildman–Crippen MR) is 68.4 cm³/mol. The minimum absolute atomic E-state index is 0.161. The number of nitrogens with two attached hydrogens (primary N) is 1. The van der Waals surface area contributed by atoms with E-state index in [-0.39, 0.29) is 6.04 Å². The van der Waals surface area contributed by atoms with Crippen LogP contribution in [0, 0.1) is 13.8 Å². The summed E-state index contributed by atoms with van der Waals surface area (Å²) in [6.45, 7) is 10.3. The third kappa shape index (κ3) is 2.95. The van der Waals surface area contributed by atoms with Crippen LogP contribution in [0.25, 0.3) is 0 Å². The summed E-state index contributed by atoms with van der Waals surface area (Å²) in [6, 6.07) is 0.161. The molecule has 1 unspecified atom stereocenters. The number of hydrogen-bond acceptors (Lipinski definition) is 2. The normalized spacial score (nSPS) is 12.8. The Bertz CT molecular complexity index is 377. The van der Waals surface area contributed by atoms with Gasteiger partial charge in [-0.05, 0) is 38.7 Å². The Hall–Kier alpha value is -1.09. The van der Waals surface area contributed by atoms with Gasteiger partial charge < -0.3 is 5.73 Å². The first-order chi connectivity index (χ1) is 7.45. The molecule has 16 heavy (non-hydrogen) atoms. The molecule has 0 spiro atoms. The lowest BCUT2D eigenvalue weighted by Crippen LogP contribution is -2.23. The topological polar surface area (TPSA) is 43.8 Å². The smallest absolute Gasteiger partial charge is 0.0628 e. The highest BCUT2D eigenvalue weighted by Gasteiger charge is 2.13. The highest BCUT2D eigenvalue weighted by Crippen LogP contribution is 2.16. The molecule has 1 heterocycles. The van der Waals surface area contributed by atoms with Crippen LogP contribution in [0.15, 0.2) is 12.2 Å². The van der Waals surface area contributed by atoms with E-state index in [4.69, 9.17) is 5.73 Å². The average Bonchev–Trinajstić information content (AvgIpc) is 2.45. The van der Waals surface area contributed by atoms with Gasteiger partial charge in [0.1, 0.15) is 0 Å². The van der Waals surface area contributed by atoms with E-state index in [1.807, 2.05) is 18.7 Å². The fraction of sp³-hybridized carbons (Fsp3) is 0.615. The first-order valence-electron chi connectivity index (χ1n) is 5.87. The standard InChI is InChI=1S/C13H23N3/c1-6-9(2)7-12(14)8-13-10(3)15-16(5)11(13)4/h12H,2,6-8,14H2,1,3-5H3. The van der Waals surface area contributed by atoms with Crippen molar-refractivity contribution >= 4 is 0 Å². The van der Waals surface area contributed by atoms with Gasteiger partial charge in [-0.25, -0.2) is 0 Å². The van der Waals surface area contributed by atoms with Gasteiger partial charge in [-0.2, -0.15) is 5.10 Å². The van der Waals surface area contributed by atoms with Crippen LogP contribution in [0.4, 0.5) is 0 Å². The molecule has 3 heteroatoms. The van der Waals surface area contributed by atoms with E-state index in [1.54, 1.807) is 0 Å². The van der Waals surface area contributed by atoms with Gasteiger partial charge >= 0.3 is 0 Å². The molecule has 0 saturated carbocycles. The lowest BCUT2D eigenvalue weighted by molar-refractivity contribution is 0.645. The van der Waals surface area contributed by atoms with Crippen LogP contribution < -0.4 is 5.73 Å². The SMILES string of the molecule is C=C(CC)CC(N)Cc1c(C)nn(C)c1C. The van der Waals surface area contributed by atoms with Crippen molar-refractivity contribution in [3.8, 4) is 0 Å². The van der Waals surface area contributed by atoms with Gasteiger partial charge in [-0.3, -0.25) is 4.68 Å². The summed E-state index contributed by atoms with van der Waals surface area (Å²) in [5.41, 5.74) is 11.0. The van der Waals surface area contributed by atoms with E-state index in [2.05, 4.69) is 25.5 Å². The summed E-state index contributed by atoms with van der Waals surface area (Å²) in [4.78, 5) is 0. The van der Waals surface area contributed by atoms with Crippen LogP contribution in [0.3, 0.4) is 0 Å². The third-order valence-electron chi connectivity index (χ3n) is 3.18. The van der Waals surface area contributed by atoms with Crippen molar-refractivity contribution in [3.05, 3.63) is 29.1 Å². The van der Waals surface area contributed by atoms with Gasteiger partial charge in [0.05, 0.1) is 5.69 Å². The van der Waals surface area contributed by atoms with E-state index in [1.165, 1.54) is 16.8 Å². The minimum Gasteiger partial charge on any atom is -0.327 e. The van der Waals surface area contributed by atoms with Crippen molar-refractivity contribution in [1.82, 2.24) is 9.78 Å². The third-order valence-corrected chi connectivity index (χ3v) is 3.18. The molecule has 1 aromatic rings. The van der Waals surface area contributed by atoms with Gasteiger partial charge in [0.25, 0.3) is 0 Å². The molecule has 0 amide bonds. The molecule has 0 saturated heterocycles. The largest absolute Gasteiger partial charge is 0.327 e. The molecular weight excluding hydrogens is 198 g/mol. The molecule has 2 N–H and O–H groups in total. The summed E-state index contributed by atoms with van der Waals surface area (Å²) in [7, 11) is 1.97. The monoisotopic (exact) mass is 221 g/mol. The quantitative estimate of drug-likeness (QED) is 0.775. The van der Waals surface area contributed by atoms with Gasteiger partial charge in [0.2, 0.25) is 0 Å². The van der Waals surface area contributed by atoms with Crippen LogP contribution in [0.5, 0.6) is 0 Å². The molecule has 1 aromatic heterocycles. The second-order valence-corrected chi connectivity index (χ2v) is 4.54. The Morgan fingerprint density at radius 1 is 1.50 bits per heavy atom. The number of rotatable bonds is 5. The molecule has 1 rings (SSSR count). The predicted octanol–water partition coefficient (Wildman–Crippen LogP) is 2.26. The summed E-state index contributed by atoms with van der Waals surface area (Å²) in [5.74, 6) is 0. The van der Waals surface area contributed by atoms with Crippen molar-refractivity contribution in [3.63, 3.8) is 0 Å². The second kappa shape index (κ2) is 5.30. The summed E-state index contributed by atoms with van der Waals surface area (Å²) < 4.78 is 1.92. The number of nitrogens with zero attached hydrogens (tertiary/aromatic N) is 2. The van der Waals surface area contributed by atoms with Crippen LogP contribution in [0.1, 0.15) is 36.7 Å². The zero-order valence-electron chi connectivity index (χ0n) is 10.9. The summed E-state index contributed by atoms with van der Waals surface area (Å²) in [6.07, 6.45) is 2.81. The average molecular weight is 221 g/mol. The molecule has 3 nitrogen and oxygen atoms in total. The first-order valence-corrected chi connectivity index (χ1v) is 5.87. The van der Waals surface area contributed by atoms with E-state index in [0.29, 0.717) is 0 Å². The van der Waals surface area contributed by atoms with Crippen LogP contribution in [0.2, 0.25) is 0 Å². The zero-order chi connectivity index (χ0) is 12.3. The molecule has 1 atom stereocenters. The van der Waals surface area contributed by atoms with E-state index in [0.717, 1.165) is 25.0 Å². The molecule has 90 valence electrons. The molecule has 0 aliphatic carbocycles. The second-order valence-electron chi connectivity index (χ2n) is 4.54. The van der Waals surface area contributed by atoms with Gasteiger partial charge in [0.15, 0.2) is 0 Å². The Morgan fingerprint density at radius 3 is 2.56 bits per heavy atom. The Morgan fingerprint density at radius 2 is 2.12 bits per heavy atom. The first kappa shape index (κ1) is 13.0. The fourth-order valence-corrected chi connectivity index (χ4v) is 1.96. The summed E-state index contributed by atoms with van der Waals surface area (Å²) in [5, 5.41) is 4.40. The van der Waals surface area contributed by atoms with Crippen LogP contribution in [-0.4, -0.2) is 15.8 Å². The highest BCUT2D eigenvalue weighted by molar-refractivity contribution is 5.25. The minimum atomic E-state index is 0.161. The van der Waals surface area contributed by atoms with E-state index in [9.17, 15) is 0 Å². The highest BCUT2D eigenvalue weighted by atomic mass is 15.3. The van der Waals surface area contributed by atoms with Crippen molar-refractivity contribution in [2.75, 3.05) is 0 Å². The van der Waals surface area contributed by atoms with E-state index < -0.39 is 0 Å². The van der Waals surface area contributed by atoms with Gasteiger partial charge in [-0.15, -0.1) is 0 Å². The molecule has 0 aliphatic rings. The van der Waals surface area contributed by atoms with Crippen molar-refractivity contribution < 1.29 is 0 Å². The van der Waals surface area contributed by atoms with Crippen molar-refractivity contribution in [2.24, 2.45) is 12.8 Å². The maximum Gasteiger partial charge on any atom is 0.0628 e. The summed E-state index contributed by atoms with van der Waals surface area (Å²) >= 11 is 0.